The molecular weight excluding hydrogens is 307 g/mol. The van der Waals surface area contributed by atoms with Crippen LogP contribution in [0.3, 0.4) is 0 Å². The number of rotatable bonds is 4. The molecule has 0 aliphatic rings. The minimum atomic E-state index is -4.25. The first-order chi connectivity index (χ1) is 9.86. The first-order valence-electron chi connectivity index (χ1n) is 5.72. The van der Waals surface area contributed by atoms with Crippen molar-refractivity contribution in [3.63, 3.8) is 0 Å². The van der Waals surface area contributed by atoms with Crippen LogP contribution >= 0.6 is 0 Å². The van der Waals surface area contributed by atoms with Crippen LogP contribution in [-0.2, 0) is 16.6 Å². The lowest BCUT2D eigenvalue weighted by molar-refractivity contribution is 0.278. The fourth-order valence-corrected chi connectivity index (χ4v) is 2.99. The monoisotopic (exact) mass is 317 g/mol. The van der Waals surface area contributed by atoms with Crippen LogP contribution in [0, 0.1) is 17.5 Å². The Hall–Kier alpha value is -2.06. The van der Waals surface area contributed by atoms with Gasteiger partial charge in [-0.25, -0.2) is 21.6 Å². The zero-order chi connectivity index (χ0) is 15.6. The Bertz CT molecular complexity index is 778. The average Bonchev–Trinajstić information content (AvgIpc) is 2.48. The van der Waals surface area contributed by atoms with E-state index in [2.05, 4.69) is 0 Å². The number of aliphatic hydroxyl groups excluding tert-OH is 1. The summed E-state index contributed by atoms with van der Waals surface area (Å²) < 4.78 is 65.5. The van der Waals surface area contributed by atoms with Gasteiger partial charge in [0.15, 0.2) is 17.5 Å². The highest BCUT2D eigenvalue weighted by atomic mass is 32.2. The molecule has 0 aliphatic carbocycles. The summed E-state index contributed by atoms with van der Waals surface area (Å²) in [6.07, 6.45) is 0. The molecule has 2 aromatic carbocycles. The molecule has 0 fully saturated rings. The maximum Gasteiger partial charge on any atom is 0.262 e. The van der Waals surface area contributed by atoms with Gasteiger partial charge in [0.05, 0.1) is 17.2 Å². The average molecular weight is 317 g/mol. The number of hydrogen-bond donors (Lipinski definition) is 2. The van der Waals surface area contributed by atoms with Gasteiger partial charge >= 0.3 is 0 Å². The number of halogens is 3. The van der Waals surface area contributed by atoms with Crippen molar-refractivity contribution in [1.82, 2.24) is 0 Å². The molecule has 2 aromatic rings. The van der Waals surface area contributed by atoms with Gasteiger partial charge in [0.2, 0.25) is 0 Å². The third-order valence-corrected chi connectivity index (χ3v) is 4.18. The van der Waals surface area contributed by atoms with Crippen LogP contribution in [-0.4, -0.2) is 13.5 Å². The molecule has 0 heterocycles. The smallest absolute Gasteiger partial charge is 0.262 e. The van der Waals surface area contributed by atoms with Gasteiger partial charge in [0.25, 0.3) is 10.0 Å². The van der Waals surface area contributed by atoms with E-state index < -0.39 is 39.8 Å². The Kier molecular flexibility index (Phi) is 4.19. The molecule has 0 amide bonds. The molecule has 4 nitrogen and oxygen atoms in total. The van der Waals surface area contributed by atoms with Crippen LogP contribution < -0.4 is 4.72 Å². The van der Waals surface area contributed by atoms with E-state index in [0.29, 0.717) is 6.07 Å². The summed E-state index contributed by atoms with van der Waals surface area (Å²) in [5.41, 5.74) is -0.630. The molecule has 0 bridgehead atoms. The van der Waals surface area contributed by atoms with Gasteiger partial charge < -0.3 is 5.11 Å². The van der Waals surface area contributed by atoms with Crippen molar-refractivity contribution in [1.29, 1.82) is 0 Å². The van der Waals surface area contributed by atoms with E-state index in [9.17, 15) is 21.6 Å². The molecule has 0 saturated carbocycles. The van der Waals surface area contributed by atoms with Crippen LogP contribution in [0.5, 0.6) is 0 Å². The summed E-state index contributed by atoms with van der Waals surface area (Å²) in [6.45, 7) is -0.544. The molecule has 0 aliphatic heterocycles. The molecule has 0 unspecified atom stereocenters. The minimum absolute atomic E-state index is 0.0907. The van der Waals surface area contributed by atoms with E-state index in [1.807, 2.05) is 4.72 Å². The summed E-state index contributed by atoms with van der Waals surface area (Å²) in [6, 6.07) is 6.88. The Morgan fingerprint density at radius 2 is 1.67 bits per heavy atom. The van der Waals surface area contributed by atoms with Crippen molar-refractivity contribution in [3.05, 3.63) is 59.4 Å². The quantitative estimate of drug-likeness (QED) is 0.851. The number of hydrogen-bond acceptors (Lipinski definition) is 3. The highest BCUT2D eigenvalue weighted by Crippen LogP contribution is 2.24. The molecule has 0 spiro atoms. The molecule has 8 heteroatoms. The molecular formula is C13H10F3NO3S. The molecule has 2 N–H and O–H groups in total. The number of nitrogens with one attached hydrogen (secondary N) is 1. The Labute approximate surface area is 118 Å². The fourth-order valence-electron chi connectivity index (χ4n) is 1.70. The van der Waals surface area contributed by atoms with E-state index in [1.165, 1.54) is 24.3 Å². The van der Waals surface area contributed by atoms with E-state index in [1.54, 1.807) is 0 Å². The number of anilines is 1. The van der Waals surface area contributed by atoms with Gasteiger partial charge in [-0.2, -0.15) is 0 Å². The van der Waals surface area contributed by atoms with Gasteiger partial charge in [-0.15, -0.1) is 0 Å². The largest absolute Gasteiger partial charge is 0.392 e. The molecule has 21 heavy (non-hydrogen) atoms. The van der Waals surface area contributed by atoms with Crippen molar-refractivity contribution >= 4 is 15.7 Å². The summed E-state index contributed by atoms with van der Waals surface area (Å²) in [4.78, 5) is -0.281. The molecule has 0 aromatic heterocycles. The highest BCUT2D eigenvalue weighted by Gasteiger charge is 2.21. The maximum absolute atomic E-state index is 13.5. The van der Waals surface area contributed by atoms with Gasteiger partial charge in [-0.05, 0) is 23.8 Å². The van der Waals surface area contributed by atoms with Crippen LogP contribution in [0.25, 0.3) is 0 Å². The normalized spacial score (nSPS) is 11.4. The third kappa shape index (κ3) is 3.01. The molecule has 0 atom stereocenters. The molecule has 0 radical (unpaired) electrons. The van der Waals surface area contributed by atoms with E-state index in [-0.39, 0.29) is 10.5 Å². The van der Waals surface area contributed by atoms with E-state index in [0.717, 1.165) is 6.07 Å². The van der Waals surface area contributed by atoms with Gasteiger partial charge in [0, 0.05) is 0 Å². The summed E-state index contributed by atoms with van der Waals surface area (Å²) in [5, 5.41) is 9.11. The summed E-state index contributed by atoms with van der Waals surface area (Å²) in [5.74, 6) is -4.84. The van der Waals surface area contributed by atoms with Crippen LogP contribution in [0.1, 0.15) is 5.56 Å². The van der Waals surface area contributed by atoms with Gasteiger partial charge in [-0.3, -0.25) is 4.72 Å². The number of sulfonamides is 1. The zero-order valence-electron chi connectivity index (χ0n) is 10.5. The van der Waals surface area contributed by atoms with Crippen LogP contribution in [0.15, 0.2) is 41.3 Å². The van der Waals surface area contributed by atoms with Crippen molar-refractivity contribution in [3.8, 4) is 0 Å². The predicted octanol–water partition coefficient (Wildman–Crippen LogP) is 2.40. The molecule has 2 rings (SSSR count). The second-order valence-corrected chi connectivity index (χ2v) is 5.75. The maximum atomic E-state index is 13.5. The summed E-state index contributed by atoms with van der Waals surface area (Å²) >= 11 is 0. The van der Waals surface area contributed by atoms with Crippen molar-refractivity contribution < 1.29 is 26.7 Å². The molecule has 0 saturated heterocycles. The lowest BCUT2D eigenvalue weighted by atomic mass is 10.2. The minimum Gasteiger partial charge on any atom is -0.392 e. The number of aliphatic hydroxyl groups is 1. The van der Waals surface area contributed by atoms with Crippen molar-refractivity contribution in [2.45, 2.75) is 11.5 Å². The molecule has 112 valence electrons. The predicted molar refractivity (Wildman–Crippen MR) is 69.5 cm³/mol. The summed E-state index contributed by atoms with van der Waals surface area (Å²) in [7, 11) is -4.25. The second-order valence-electron chi connectivity index (χ2n) is 4.09. The van der Waals surface area contributed by atoms with E-state index >= 15 is 0 Å². The van der Waals surface area contributed by atoms with Crippen molar-refractivity contribution in [2.75, 3.05) is 4.72 Å². The first kappa shape index (κ1) is 15.3. The zero-order valence-corrected chi connectivity index (χ0v) is 11.3. The Morgan fingerprint density at radius 1 is 1.00 bits per heavy atom. The van der Waals surface area contributed by atoms with Gasteiger partial charge in [-0.1, -0.05) is 18.2 Å². The Balaban J connectivity index is 2.45. The highest BCUT2D eigenvalue weighted by molar-refractivity contribution is 7.92. The Morgan fingerprint density at radius 3 is 2.33 bits per heavy atom. The number of benzene rings is 2. The van der Waals surface area contributed by atoms with Gasteiger partial charge in [0.1, 0.15) is 0 Å². The lowest BCUT2D eigenvalue weighted by Crippen LogP contribution is -2.16. The van der Waals surface area contributed by atoms with Crippen LogP contribution in [0.4, 0.5) is 18.9 Å². The fraction of sp³-hybridized carbons (Fsp3) is 0.0769. The first-order valence-corrected chi connectivity index (χ1v) is 7.20. The SMILES string of the molecule is O=S(=O)(Nc1ccc(F)c(F)c1F)c1ccccc1CO. The topological polar surface area (TPSA) is 66.4 Å². The lowest BCUT2D eigenvalue weighted by Gasteiger charge is -2.12. The standard InChI is InChI=1S/C13H10F3NO3S/c14-9-5-6-10(13(16)12(9)15)17-21(19,20)11-4-2-1-3-8(11)7-18/h1-6,17-18H,7H2. The van der Waals surface area contributed by atoms with E-state index in [4.69, 9.17) is 5.11 Å². The third-order valence-electron chi connectivity index (χ3n) is 2.71. The second kappa shape index (κ2) is 5.74. The van der Waals surface area contributed by atoms with Crippen molar-refractivity contribution in [2.24, 2.45) is 0 Å². The van der Waals surface area contributed by atoms with Crippen LogP contribution in [0.2, 0.25) is 0 Å².